The lowest BCUT2D eigenvalue weighted by Crippen LogP contribution is -2.34. The Morgan fingerprint density at radius 1 is 1.52 bits per heavy atom. The maximum Gasteiger partial charge on any atom is 0.310 e. The van der Waals surface area contributed by atoms with Gasteiger partial charge in [-0.05, 0) is 30.7 Å². The first-order valence-electron chi connectivity index (χ1n) is 7.36. The molecule has 0 radical (unpaired) electrons. The molecule has 2 atom stereocenters. The lowest BCUT2D eigenvalue weighted by atomic mass is 9.88. The van der Waals surface area contributed by atoms with Crippen molar-refractivity contribution in [3.05, 3.63) is 21.4 Å². The molecule has 0 aliphatic heterocycles. The summed E-state index contributed by atoms with van der Waals surface area (Å²) in [7, 11) is 3.12. The van der Waals surface area contributed by atoms with E-state index in [1.807, 2.05) is 5.38 Å². The number of nitrogens with zero attached hydrogens (tertiary/aromatic N) is 1. The summed E-state index contributed by atoms with van der Waals surface area (Å²) in [6, 6.07) is 0. The quantitative estimate of drug-likeness (QED) is 0.804. The van der Waals surface area contributed by atoms with Gasteiger partial charge in [-0.1, -0.05) is 13.8 Å². The van der Waals surface area contributed by atoms with Gasteiger partial charge in [0.05, 0.1) is 18.6 Å². The van der Waals surface area contributed by atoms with Crippen LogP contribution in [0.1, 0.15) is 41.1 Å². The molecule has 0 saturated heterocycles. The Hall–Kier alpha value is -1.36. The van der Waals surface area contributed by atoms with E-state index in [1.54, 1.807) is 30.2 Å². The topological polar surface area (TPSA) is 46.6 Å². The van der Waals surface area contributed by atoms with E-state index in [4.69, 9.17) is 4.74 Å². The second-order valence-electron chi connectivity index (χ2n) is 6.01. The van der Waals surface area contributed by atoms with Crippen LogP contribution in [-0.4, -0.2) is 37.5 Å². The maximum absolute atomic E-state index is 12.6. The fraction of sp³-hybridized carbons (Fsp3) is 0.625. The summed E-state index contributed by atoms with van der Waals surface area (Å²) in [5.41, 5.74) is 2.04. The number of rotatable bonds is 4. The average Bonchev–Trinajstić information content (AvgIpc) is 2.88. The number of methoxy groups -OCH3 is 1. The minimum Gasteiger partial charge on any atom is -0.469 e. The molecule has 1 aromatic rings. The second-order valence-corrected chi connectivity index (χ2v) is 6.97. The summed E-state index contributed by atoms with van der Waals surface area (Å²) in [5, 5.41) is 1.98. The summed E-state index contributed by atoms with van der Waals surface area (Å²) in [6.07, 6.45) is 3.21. The molecule has 116 valence electrons. The highest BCUT2D eigenvalue weighted by Crippen LogP contribution is 2.33. The van der Waals surface area contributed by atoms with Crippen molar-refractivity contribution in [3.63, 3.8) is 0 Å². The number of fused-ring (bicyclic) bond motifs is 1. The van der Waals surface area contributed by atoms with Gasteiger partial charge in [0.2, 0.25) is 0 Å². The van der Waals surface area contributed by atoms with E-state index >= 15 is 0 Å². The second kappa shape index (κ2) is 6.60. The van der Waals surface area contributed by atoms with Gasteiger partial charge >= 0.3 is 5.97 Å². The molecule has 21 heavy (non-hydrogen) atoms. The SMILES string of the molecule is COC(=O)C(C)CN(C)C(=O)c1csc2c1CCC(C)C2. The first-order chi connectivity index (χ1) is 9.93. The molecule has 1 aromatic heterocycles. The van der Waals surface area contributed by atoms with Crippen LogP contribution in [0.25, 0.3) is 0 Å². The van der Waals surface area contributed by atoms with Crippen molar-refractivity contribution in [1.29, 1.82) is 0 Å². The molecular formula is C16H23NO3S. The van der Waals surface area contributed by atoms with Crippen molar-refractivity contribution < 1.29 is 14.3 Å². The number of carbonyl (C=O) groups excluding carboxylic acids is 2. The fourth-order valence-electron chi connectivity index (χ4n) is 2.83. The Labute approximate surface area is 130 Å². The standard InChI is InChI=1S/C16H23NO3S/c1-10-5-6-12-13(9-21-14(12)7-10)15(18)17(3)8-11(2)16(19)20-4/h9-11H,5-8H2,1-4H3. The van der Waals surface area contributed by atoms with E-state index in [0.717, 1.165) is 24.8 Å². The Balaban J connectivity index is 2.08. The van der Waals surface area contributed by atoms with Crippen LogP contribution in [0.5, 0.6) is 0 Å². The molecular weight excluding hydrogens is 286 g/mol. The zero-order chi connectivity index (χ0) is 15.6. The van der Waals surface area contributed by atoms with Crippen molar-refractivity contribution >= 4 is 23.2 Å². The van der Waals surface area contributed by atoms with Crippen LogP contribution >= 0.6 is 11.3 Å². The smallest absolute Gasteiger partial charge is 0.310 e. The third kappa shape index (κ3) is 3.46. The van der Waals surface area contributed by atoms with Gasteiger partial charge in [-0.25, -0.2) is 0 Å². The summed E-state index contributed by atoms with van der Waals surface area (Å²) in [4.78, 5) is 27.0. The zero-order valence-corrected chi connectivity index (χ0v) is 14.0. The molecule has 0 spiro atoms. The van der Waals surface area contributed by atoms with Gasteiger partial charge in [-0.15, -0.1) is 11.3 Å². The Morgan fingerprint density at radius 3 is 2.90 bits per heavy atom. The minimum absolute atomic E-state index is 0.0119. The number of ether oxygens (including phenoxy) is 1. The number of amides is 1. The van der Waals surface area contributed by atoms with Gasteiger partial charge < -0.3 is 9.64 Å². The van der Waals surface area contributed by atoms with Gasteiger partial charge in [0, 0.05) is 23.8 Å². The van der Waals surface area contributed by atoms with Crippen LogP contribution in [0.2, 0.25) is 0 Å². The van der Waals surface area contributed by atoms with Crippen molar-refractivity contribution in [2.24, 2.45) is 11.8 Å². The van der Waals surface area contributed by atoms with Gasteiger partial charge in [0.1, 0.15) is 0 Å². The highest BCUT2D eigenvalue weighted by Gasteiger charge is 2.26. The van der Waals surface area contributed by atoms with Gasteiger partial charge in [-0.3, -0.25) is 9.59 Å². The van der Waals surface area contributed by atoms with Gasteiger partial charge in [0.25, 0.3) is 5.91 Å². The summed E-state index contributed by atoms with van der Waals surface area (Å²) in [6.45, 7) is 4.42. The predicted molar refractivity (Wildman–Crippen MR) is 83.6 cm³/mol. The number of carbonyl (C=O) groups is 2. The van der Waals surface area contributed by atoms with Crippen molar-refractivity contribution in [1.82, 2.24) is 4.90 Å². The third-order valence-corrected chi connectivity index (χ3v) is 5.18. The van der Waals surface area contributed by atoms with Crippen molar-refractivity contribution in [2.45, 2.75) is 33.1 Å². The molecule has 5 heteroatoms. The zero-order valence-electron chi connectivity index (χ0n) is 13.1. The van der Waals surface area contributed by atoms with Gasteiger partial charge in [-0.2, -0.15) is 0 Å². The molecule has 0 N–H and O–H groups in total. The summed E-state index contributed by atoms with van der Waals surface area (Å²) >= 11 is 1.69. The summed E-state index contributed by atoms with van der Waals surface area (Å²) < 4.78 is 4.71. The van der Waals surface area contributed by atoms with Crippen LogP contribution < -0.4 is 0 Å². The van der Waals surface area contributed by atoms with E-state index in [-0.39, 0.29) is 17.8 Å². The molecule has 1 amide bonds. The monoisotopic (exact) mass is 309 g/mol. The Kier molecular flexibility index (Phi) is 5.04. The number of hydrogen-bond acceptors (Lipinski definition) is 4. The molecule has 0 aromatic carbocycles. The lowest BCUT2D eigenvalue weighted by molar-refractivity contribution is -0.145. The number of esters is 1. The average molecular weight is 309 g/mol. The normalized spacial score (nSPS) is 18.8. The molecule has 0 fully saturated rings. The molecule has 4 nitrogen and oxygen atoms in total. The van der Waals surface area contributed by atoms with Crippen LogP contribution in [0, 0.1) is 11.8 Å². The molecule has 0 bridgehead atoms. The first-order valence-corrected chi connectivity index (χ1v) is 8.24. The molecule has 0 saturated carbocycles. The highest BCUT2D eigenvalue weighted by atomic mass is 32.1. The van der Waals surface area contributed by atoms with Gasteiger partial charge in [0.15, 0.2) is 0 Å². The molecule has 2 unspecified atom stereocenters. The molecule has 1 aliphatic carbocycles. The van der Waals surface area contributed by atoms with E-state index in [1.165, 1.54) is 17.6 Å². The Morgan fingerprint density at radius 2 is 2.24 bits per heavy atom. The largest absolute Gasteiger partial charge is 0.469 e. The minimum atomic E-state index is -0.307. The highest BCUT2D eigenvalue weighted by molar-refractivity contribution is 7.10. The third-order valence-electron chi connectivity index (χ3n) is 4.13. The van der Waals surface area contributed by atoms with E-state index < -0.39 is 0 Å². The predicted octanol–water partition coefficient (Wildman–Crippen LogP) is 2.75. The van der Waals surface area contributed by atoms with Crippen molar-refractivity contribution in [2.75, 3.05) is 20.7 Å². The van der Waals surface area contributed by atoms with Crippen molar-refractivity contribution in [3.8, 4) is 0 Å². The van der Waals surface area contributed by atoms with Crippen LogP contribution in [0.3, 0.4) is 0 Å². The van der Waals surface area contributed by atoms with E-state index in [0.29, 0.717) is 12.5 Å². The molecule has 2 rings (SSSR count). The molecule has 1 heterocycles. The maximum atomic E-state index is 12.6. The number of hydrogen-bond donors (Lipinski definition) is 0. The van der Waals surface area contributed by atoms with E-state index in [2.05, 4.69) is 6.92 Å². The number of thiophene rings is 1. The van der Waals surface area contributed by atoms with Crippen LogP contribution in [0.4, 0.5) is 0 Å². The molecule has 1 aliphatic rings. The Bertz CT molecular complexity index is 538. The van der Waals surface area contributed by atoms with E-state index in [9.17, 15) is 9.59 Å². The first kappa shape index (κ1) is 16.0. The fourth-order valence-corrected chi connectivity index (χ4v) is 4.07. The summed E-state index contributed by atoms with van der Waals surface area (Å²) in [5.74, 6) is 0.128. The lowest BCUT2D eigenvalue weighted by Gasteiger charge is -2.22. The van der Waals surface area contributed by atoms with Crippen LogP contribution in [-0.2, 0) is 22.4 Å². The van der Waals surface area contributed by atoms with Crippen LogP contribution in [0.15, 0.2) is 5.38 Å².